The van der Waals surface area contributed by atoms with Crippen LogP contribution >= 0.6 is 0 Å². The van der Waals surface area contributed by atoms with Crippen LogP contribution in [-0.4, -0.2) is 40.2 Å². The molecule has 2 aromatic heterocycles. The summed E-state index contributed by atoms with van der Waals surface area (Å²) in [6.07, 6.45) is 0. The Morgan fingerprint density at radius 2 is 1.91 bits per heavy atom. The molecule has 0 atom stereocenters. The second kappa shape index (κ2) is 9.34. The average Bonchev–Trinajstić information content (AvgIpc) is 3.40. The highest BCUT2D eigenvalue weighted by molar-refractivity contribution is 5.88. The van der Waals surface area contributed by atoms with Gasteiger partial charge >= 0.3 is 5.97 Å². The number of oxazole rings is 1. The van der Waals surface area contributed by atoms with E-state index >= 15 is 0 Å². The molecule has 4 rings (SSSR count). The molecule has 0 amide bonds. The SMILES string of the molecule is COc1cccc(-c2nc(COC(=O)c3nnn(-c4ccc(C)c(F)c4)c3C)c(C)o2)c1OC. The molecule has 0 fully saturated rings. The molecule has 0 aliphatic heterocycles. The summed E-state index contributed by atoms with van der Waals surface area (Å²) in [6, 6.07) is 10.0. The normalized spacial score (nSPS) is 10.9. The molecule has 0 saturated carbocycles. The third-order valence-electron chi connectivity index (χ3n) is 5.35. The zero-order valence-corrected chi connectivity index (χ0v) is 19.4. The molecule has 0 saturated heterocycles. The Morgan fingerprint density at radius 3 is 2.62 bits per heavy atom. The first-order valence-electron chi connectivity index (χ1n) is 10.4. The van der Waals surface area contributed by atoms with E-state index in [0.29, 0.717) is 51.4 Å². The number of hydrogen-bond acceptors (Lipinski definition) is 8. The summed E-state index contributed by atoms with van der Waals surface area (Å²) >= 11 is 0. The number of ether oxygens (including phenoxy) is 3. The Hall–Kier alpha value is -4.21. The van der Waals surface area contributed by atoms with Crippen LogP contribution in [0, 0.1) is 26.6 Å². The van der Waals surface area contributed by atoms with Crippen molar-refractivity contribution in [2.75, 3.05) is 14.2 Å². The molecule has 9 nitrogen and oxygen atoms in total. The van der Waals surface area contributed by atoms with Gasteiger partial charge in [-0.05, 0) is 50.6 Å². The van der Waals surface area contributed by atoms with Gasteiger partial charge in [-0.25, -0.2) is 18.9 Å². The van der Waals surface area contributed by atoms with Gasteiger partial charge in [-0.1, -0.05) is 17.3 Å². The summed E-state index contributed by atoms with van der Waals surface area (Å²) in [7, 11) is 3.07. The van der Waals surface area contributed by atoms with Gasteiger partial charge in [0.2, 0.25) is 5.89 Å². The van der Waals surface area contributed by atoms with Crippen LogP contribution in [0.2, 0.25) is 0 Å². The van der Waals surface area contributed by atoms with Gasteiger partial charge in [-0.15, -0.1) is 5.10 Å². The topological polar surface area (TPSA) is 102 Å². The first-order valence-corrected chi connectivity index (χ1v) is 10.4. The van der Waals surface area contributed by atoms with Gasteiger partial charge in [0.15, 0.2) is 17.2 Å². The predicted octanol–water partition coefficient (Wildman–Crippen LogP) is 4.36. The van der Waals surface area contributed by atoms with Crippen LogP contribution in [0.3, 0.4) is 0 Å². The van der Waals surface area contributed by atoms with Crippen molar-refractivity contribution < 1.29 is 27.8 Å². The van der Waals surface area contributed by atoms with Crippen LogP contribution in [0.15, 0.2) is 40.8 Å². The fourth-order valence-corrected chi connectivity index (χ4v) is 3.41. The molecule has 0 bridgehead atoms. The van der Waals surface area contributed by atoms with Crippen LogP contribution in [0.5, 0.6) is 11.5 Å². The van der Waals surface area contributed by atoms with E-state index in [1.165, 1.54) is 17.9 Å². The number of esters is 1. The lowest BCUT2D eigenvalue weighted by molar-refractivity contribution is 0.0459. The fourth-order valence-electron chi connectivity index (χ4n) is 3.41. The second-order valence-electron chi connectivity index (χ2n) is 7.51. The van der Waals surface area contributed by atoms with Crippen molar-refractivity contribution in [3.05, 3.63) is 70.6 Å². The maximum Gasteiger partial charge on any atom is 0.361 e. The molecule has 10 heteroatoms. The molecule has 34 heavy (non-hydrogen) atoms. The van der Waals surface area contributed by atoms with E-state index in [1.54, 1.807) is 58.2 Å². The number of rotatable bonds is 7. The maximum absolute atomic E-state index is 13.9. The average molecular weight is 466 g/mol. The van der Waals surface area contributed by atoms with Gasteiger partial charge in [0.05, 0.1) is 31.2 Å². The first-order chi connectivity index (χ1) is 16.3. The lowest BCUT2D eigenvalue weighted by Crippen LogP contribution is -2.09. The largest absolute Gasteiger partial charge is 0.493 e. The summed E-state index contributed by atoms with van der Waals surface area (Å²) in [6.45, 7) is 4.91. The van der Waals surface area contributed by atoms with Crippen molar-refractivity contribution in [2.24, 2.45) is 0 Å². The Labute approximate surface area is 195 Å². The van der Waals surface area contributed by atoms with E-state index in [0.717, 1.165) is 0 Å². The van der Waals surface area contributed by atoms with Crippen molar-refractivity contribution in [2.45, 2.75) is 27.4 Å². The monoisotopic (exact) mass is 466 g/mol. The van der Waals surface area contributed by atoms with Crippen molar-refractivity contribution in [3.63, 3.8) is 0 Å². The van der Waals surface area contributed by atoms with Gasteiger partial charge < -0.3 is 18.6 Å². The predicted molar refractivity (Wildman–Crippen MR) is 120 cm³/mol. The Kier molecular flexibility index (Phi) is 6.31. The molecule has 2 heterocycles. The first kappa shape index (κ1) is 23.0. The molecule has 4 aromatic rings. The quantitative estimate of drug-likeness (QED) is 0.370. The molecule has 0 spiro atoms. The molecule has 0 unspecified atom stereocenters. The summed E-state index contributed by atoms with van der Waals surface area (Å²) < 4.78 is 37.3. The number of carbonyl (C=O) groups is 1. The van der Waals surface area contributed by atoms with Crippen LogP contribution in [0.25, 0.3) is 17.1 Å². The van der Waals surface area contributed by atoms with Gasteiger partial charge in [-0.2, -0.15) is 0 Å². The number of nitrogens with zero attached hydrogens (tertiary/aromatic N) is 4. The molecule has 0 aliphatic carbocycles. The molecular formula is C24H23FN4O5. The number of methoxy groups -OCH3 is 2. The summed E-state index contributed by atoms with van der Waals surface area (Å²) in [5.41, 5.74) is 2.46. The van der Waals surface area contributed by atoms with E-state index in [-0.39, 0.29) is 18.1 Å². The van der Waals surface area contributed by atoms with Gasteiger partial charge in [-0.3, -0.25) is 0 Å². The van der Waals surface area contributed by atoms with Gasteiger partial charge in [0.25, 0.3) is 0 Å². The maximum atomic E-state index is 13.9. The van der Waals surface area contributed by atoms with Crippen LogP contribution < -0.4 is 9.47 Å². The van der Waals surface area contributed by atoms with Crippen molar-refractivity contribution in [1.29, 1.82) is 0 Å². The Bertz CT molecular complexity index is 1360. The van der Waals surface area contributed by atoms with E-state index in [9.17, 15) is 9.18 Å². The Balaban J connectivity index is 1.52. The van der Waals surface area contributed by atoms with Crippen molar-refractivity contribution >= 4 is 5.97 Å². The van der Waals surface area contributed by atoms with Crippen molar-refractivity contribution in [1.82, 2.24) is 20.0 Å². The summed E-state index contributed by atoms with van der Waals surface area (Å²) in [5, 5.41) is 7.88. The van der Waals surface area contributed by atoms with Crippen LogP contribution in [0.4, 0.5) is 4.39 Å². The zero-order chi connectivity index (χ0) is 24.4. The van der Waals surface area contributed by atoms with E-state index in [2.05, 4.69) is 15.3 Å². The minimum atomic E-state index is -0.681. The fraction of sp³-hybridized carbons (Fsp3) is 0.250. The minimum Gasteiger partial charge on any atom is -0.493 e. The number of halogens is 1. The standard InChI is InChI=1S/C24H23FN4O5/c1-13-9-10-16(11-18(13)25)29-14(2)21(27-28-29)24(30)33-12-19-15(3)34-23(26-19)17-7-6-8-20(31-4)22(17)32-5/h6-11H,12H2,1-5H3. The lowest BCUT2D eigenvalue weighted by atomic mass is 10.2. The highest BCUT2D eigenvalue weighted by Gasteiger charge is 2.22. The number of hydrogen-bond donors (Lipinski definition) is 0. The molecule has 2 aromatic carbocycles. The van der Waals surface area contributed by atoms with Crippen LogP contribution in [0.1, 0.15) is 33.2 Å². The van der Waals surface area contributed by atoms with Crippen LogP contribution in [-0.2, 0) is 11.3 Å². The molecule has 176 valence electrons. The lowest BCUT2D eigenvalue weighted by Gasteiger charge is -2.09. The van der Waals surface area contributed by atoms with E-state index < -0.39 is 5.97 Å². The molecule has 0 radical (unpaired) electrons. The molecule has 0 N–H and O–H groups in total. The highest BCUT2D eigenvalue weighted by Crippen LogP contribution is 2.38. The molecule has 0 aliphatic rings. The number of aromatic nitrogens is 4. The number of carbonyl (C=O) groups excluding carboxylic acids is 1. The number of benzene rings is 2. The van der Waals surface area contributed by atoms with Gasteiger partial charge in [0.1, 0.15) is 23.9 Å². The summed E-state index contributed by atoms with van der Waals surface area (Å²) in [5.74, 6) is 0.761. The van der Waals surface area contributed by atoms with E-state index in [4.69, 9.17) is 18.6 Å². The van der Waals surface area contributed by atoms with Gasteiger partial charge in [0, 0.05) is 0 Å². The second-order valence-corrected chi connectivity index (χ2v) is 7.51. The third kappa shape index (κ3) is 4.21. The smallest absolute Gasteiger partial charge is 0.361 e. The van der Waals surface area contributed by atoms with Crippen molar-refractivity contribution in [3.8, 4) is 28.6 Å². The molecular weight excluding hydrogens is 443 g/mol. The summed E-state index contributed by atoms with van der Waals surface area (Å²) in [4.78, 5) is 17.1. The third-order valence-corrected chi connectivity index (χ3v) is 5.35. The minimum absolute atomic E-state index is 0.0248. The highest BCUT2D eigenvalue weighted by atomic mass is 19.1. The Morgan fingerprint density at radius 1 is 1.12 bits per heavy atom. The van der Waals surface area contributed by atoms with E-state index in [1.807, 2.05) is 0 Å². The zero-order valence-electron chi connectivity index (χ0n) is 19.4. The number of para-hydroxylation sites is 1. The number of aryl methyl sites for hydroxylation is 2.